The summed E-state index contributed by atoms with van der Waals surface area (Å²) in [5.74, 6) is 1.27. The third-order valence-corrected chi connectivity index (χ3v) is 3.25. The highest BCUT2D eigenvalue weighted by atomic mass is 35.5. The zero-order valence-electron chi connectivity index (χ0n) is 10.4. The van der Waals surface area contributed by atoms with E-state index in [9.17, 15) is 4.79 Å². The van der Waals surface area contributed by atoms with E-state index in [2.05, 4.69) is 4.98 Å². The Morgan fingerprint density at radius 2 is 1.85 bits per heavy atom. The maximum Gasteiger partial charge on any atom is 0.153 e. The quantitative estimate of drug-likeness (QED) is 0.665. The van der Waals surface area contributed by atoms with Gasteiger partial charge in [-0.15, -0.1) is 0 Å². The molecule has 2 aromatic carbocycles. The maximum absolute atomic E-state index is 10.6. The lowest BCUT2D eigenvalue weighted by Crippen LogP contribution is -1.89. The summed E-state index contributed by atoms with van der Waals surface area (Å²) >= 11 is 6.14. The summed E-state index contributed by atoms with van der Waals surface area (Å²) in [5, 5.41) is 1.48. The van der Waals surface area contributed by atoms with Gasteiger partial charge in [0.2, 0.25) is 0 Å². The van der Waals surface area contributed by atoms with Crippen molar-refractivity contribution in [2.45, 2.75) is 0 Å². The average molecular weight is 284 g/mol. The number of carbonyl (C=O) groups excluding carboxylic acids is 1. The fourth-order valence-corrected chi connectivity index (χ4v) is 2.15. The number of aldehydes is 1. The molecule has 4 heteroatoms. The summed E-state index contributed by atoms with van der Waals surface area (Å²) < 4.78 is 5.81. The van der Waals surface area contributed by atoms with Gasteiger partial charge in [0.1, 0.15) is 17.6 Å². The topological polar surface area (TPSA) is 39.2 Å². The Balaban J connectivity index is 2.02. The van der Waals surface area contributed by atoms with Gasteiger partial charge in [-0.25, -0.2) is 0 Å². The summed E-state index contributed by atoms with van der Waals surface area (Å²) in [6.07, 6.45) is 2.49. The highest BCUT2D eigenvalue weighted by molar-refractivity contribution is 6.35. The number of ether oxygens (including phenoxy) is 1. The Bertz CT molecular complexity index is 769. The fraction of sp³-hybridized carbons (Fsp3) is 0. The van der Waals surface area contributed by atoms with Gasteiger partial charge in [-0.2, -0.15) is 0 Å². The van der Waals surface area contributed by atoms with Crippen LogP contribution >= 0.6 is 11.6 Å². The molecule has 0 bridgehead atoms. The van der Waals surface area contributed by atoms with Gasteiger partial charge in [-0.1, -0.05) is 11.6 Å². The van der Waals surface area contributed by atoms with Crippen LogP contribution in [0.4, 0.5) is 0 Å². The van der Waals surface area contributed by atoms with Crippen molar-refractivity contribution in [1.82, 2.24) is 4.98 Å². The fourth-order valence-electron chi connectivity index (χ4n) is 1.94. The van der Waals surface area contributed by atoms with Gasteiger partial charge < -0.3 is 4.74 Å². The lowest BCUT2D eigenvalue weighted by atomic mass is 10.2. The van der Waals surface area contributed by atoms with Crippen molar-refractivity contribution in [3.63, 3.8) is 0 Å². The van der Waals surface area contributed by atoms with Gasteiger partial charge in [0.25, 0.3) is 0 Å². The second-order valence-corrected chi connectivity index (χ2v) is 4.64. The van der Waals surface area contributed by atoms with Gasteiger partial charge in [0.05, 0.1) is 5.02 Å². The first-order chi connectivity index (χ1) is 9.78. The van der Waals surface area contributed by atoms with Crippen LogP contribution in [-0.4, -0.2) is 11.3 Å². The molecule has 0 saturated carbocycles. The van der Waals surface area contributed by atoms with Crippen LogP contribution in [0.2, 0.25) is 5.02 Å². The molecule has 0 unspecified atom stereocenters. The second kappa shape index (κ2) is 5.31. The Hall–Kier alpha value is -2.39. The number of aromatic nitrogens is 1. The van der Waals surface area contributed by atoms with Crippen LogP contribution in [0.25, 0.3) is 10.9 Å². The van der Waals surface area contributed by atoms with E-state index in [0.29, 0.717) is 27.6 Å². The highest BCUT2D eigenvalue weighted by Gasteiger charge is 2.07. The zero-order valence-corrected chi connectivity index (χ0v) is 11.2. The summed E-state index contributed by atoms with van der Waals surface area (Å²) in [6, 6.07) is 14.2. The highest BCUT2D eigenvalue weighted by Crippen LogP contribution is 2.32. The molecule has 0 saturated heterocycles. The summed E-state index contributed by atoms with van der Waals surface area (Å²) in [5.41, 5.74) is 1.32. The maximum atomic E-state index is 10.6. The molecule has 3 aromatic rings. The molecular formula is C16H10ClNO2. The monoisotopic (exact) mass is 283 g/mol. The molecular weight excluding hydrogens is 274 g/mol. The SMILES string of the molecule is O=Cc1ccc(Oc2ccc(Cl)c3cccnc23)cc1. The number of pyridine rings is 1. The summed E-state index contributed by atoms with van der Waals surface area (Å²) in [6.45, 7) is 0. The number of fused-ring (bicyclic) bond motifs is 1. The number of hydrogen-bond donors (Lipinski definition) is 0. The van der Waals surface area contributed by atoms with Crippen LogP contribution in [0, 0.1) is 0 Å². The van der Waals surface area contributed by atoms with E-state index in [1.807, 2.05) is 12.1 Å². The van der Waals surface area contributed by atoms with Gasteiger partial charge in [-0.3, -0.25) is 9.78 Å². The number of benzene rings is 2. The third kappa shape index (κ3) is 2.36. The molecule has 0 spiro atoms. The average Bonchev–Trinajstić information content (AvgIpc) is 2.51. The lowest BCUT2D eigenvalue weighted by Gasteiger charge is -2.09. The minimum atomic E-state index is 0.608. The molecule has 1 heterocycles. The molecule has 98 valence electrons. The van der Waals surface area contributed by atoms with E-state index >= 15 is 0 Å². The molecule has 1 aromatic heterocycles. The van der Waals surface area contributed by atoms with Crippen LogP contribution in [0.1, 0.15) is 10.4 Å². The van der Waals surface area contributed by atoms with E-state index in [-0.39, 0.29) is 0 Å². The molecule has 20 heavy (non-hydrogen) atoms. The zero-order chi connectivity index (χ0) is 13.9. The molecule has 0 N–H and O–H groups in total. The normalized spacial score (nSPS) is 10.4. The first-order valence-electron chi connectivity index (χ1n) is 6.04. The van der Waals surface area contributed by atoms with Gasteiger partial charge in [-0.05, 0) is 48.5 Å². The number of nitrogens with zero attached hydrogens (tertiary/aromatic N) is 1. The lowest BCUT2D eigenvalue weighted by molar-refractivity contribution is 0.112. The molecule has 0 amide bonds. The number of rotatable bonds is 3. The Labute approximate surface area is 120 Å². The second-order valence-electron chi connectivity index (χ2n) is 4.23. The first-order valence-corrected chi connectivity index (χ1v) is 6.42. The standard InChI is InChI=1S/C16H10ClNO2/c17-14-7-8-15(16-13(14)2-1-9-18-16)20-12-5-3-11(10-19)4-6-12/h1-10H. The van der Waals surface area contributed by atoms with Crippen LogP contribution in [0.15, 0.2) is 54.7 Å². The molecule has 0 aliphatic rings. The van der Waals surface area contributed by atoms with Gasteiger partial charge >= 0.3 is 0 Å². The minimum absolute atomic E-state index is 0.608. The minimum Gasteiger partial charge on any atom is -0.455 e. The van der Waals surface area contributed by atoms with Crippen LogP contribution in [0.3, 0.4) is 0 Å². The van der Waals surface area contributed by atoms with Crippen LogP contribution in [0.5, 0.6) is 11.5 Å². The van der Waals surface area contributed by atoms with E-state index in [1.165, 1.54) is 0 Å². The summed E-state index contributed by atoms with van der Waals surface area (Å²) in [4.78, 5) is 14.9. The molecule has 0 fully saturated rings. The van der Waals surface area contributed by atoms with Crippen molar-refractivity contribution in [3.8, 4) is 11.5 Å². The Morgan fingerprint density at radius 3 is 2.60 bits per heavy atom. The largest absolute Gasteiger partial charge is 0.455 e. The van der Waals surface area contributed by atoms with Crippen molar-refractivity contribution in [3.05, 3.63) is 65.3 Å². The molecule has 3 rings (SSSR count). The van der Waals surface area contributed by atoms with Crippen LogP contribution in [-0.2, 0) is 0 Å². The first kappa shape index (κ1) is 12.6. The van der Waals surface area contributed by atoms with Gasteiger partial charge in [0, 0.05) is 17.1 Å². The van der Waals surface area contributed by atoms with E-state index in [1.54, 1.807) is 42.6 Å². The number of halogens is 1. The molecule has 0 radical (unpaired) electrons. The van der Waals surface area contributed by atoms with Crippen molar-refractivity contribution in [2.75, 3.05) is 0 Å². The number of carbonyl (C=O) groups is 1. The predicted octanol–water partition coefficient (Wildman–Crippen LogP) is 4.49. The number of hydrogen-bond acceptors (Lipinski definition) is 3. The Morgan fingerprint density at radius 1 is 1.05 bits per heavy atom. The molecule has 0 aliphatic heterocycles. The van der Waals surface area contributed by atoms with Crippen LogP contribution < -0.4 is 4.74 Å². The van der Waals surface area contributed by atoms with Crippen molar-refractivity contribution in [2.24, 2.45) is 0 Å². The van der Waals surface area contributed by atoms with E-state index in [4.69, 9.17) is 16.3 Å². The van der Waals surface area contributed by atoms with Crippen molar-refractivity contribution < 1.29 is 9.53 Å². The molecule has 0 atom stereocenters. The molecule has 0 aliphatic carbocycles. The third-order valence-electron chi connectivity index (χ3n) is 2.92. The Kier molecular flexibility index (Phi) is 3.35. The van der Waals surface area contributed by atoms with E-state index < -0.39 is 0 Å². The molecule has 3 nitrogen and oxygen atoms in total. The summed E-state index contributed by atoms with van der Waals surface area (Å²) in [7, 11) is 0. The van der Waals surface area contributed by atoms with Crippen molar-refractivity contribution in [1.29, 1.82) is 0 Å². The van der Waals surface area contributed by atoms with E-state index in [0.717, 1.165) is 11.7 Å². The van der Waals surface area contributed by atoms with Gasteiger partial charge in [0.15, 0.2) is 5.75 Å². The van der Waals surface area contributed by atoms with Crippen molar-refractivity contribution >= 4 is 28.8 Å². The smallest absolute Gasteiger partial charge is 0.153 e. The predicted molar refractivity (Wildman–Crippen MR) is 78.7 cm³/mol.